The van der Waals surface area contributed by atoms with Crippen molar-refractivity contribution in [3.8, 4) is 10.6 Å². The first-order chi connectivity index (χ1) is 9.33. The Morgan fingerprint density at radius 3 is 2.90 bits per heavy atom. The average molecular weight is 310 g/mol. The molecular weight excluding hydrogens is 290 g/mol. The number of thiazole rings is 1. The first kappa shape index (κ1) is 15.4. The molecule has 20 heavy (non-hydrogen) atoms. The first-order valence-corrected chi connectivity index (χ1v) is 7.65. The van der Waals surface area contributed by atoms with Crippen LogP contribution in [0.4, 0.5) is 0 Å². The highest BCUT2D eigenvalue weighted by atomic mass is 35.5. The third kappa shape index (κ3) is 3.58. The number of hydrogen-bond donors (Lipinski definition) is 1. The van der Waals surface area contributed by atoms with Crippen LogP contribution in [0.1, 0.15) is 12.6 Å². The number of nitrogens with zero attached hydrogens (tertiary/aromatic N) is 2. The Balaban J connectivity index is 0.00000147. The SMILES string of the molecule is C[C@H]1CNCCN1Cc1csc(-c2ccccc2)n1.Cl. The van der Waals surface area contributed by atoms with Gasteiger partial charge in [-0.25, -0.2) is 4.98 Å². The zero-order chi connectivity index (χ0) is 13.1. The van der Waals surface area contributed by atoms with Gasteiger partial charge in [0.15, 0.2) is 0 Å². The van der Waals surface area contributed by atoms with Gasteiger partial charge >= 0.3 is 0 Å². The van der Waals surface area contributed by atoms with Gasteiger partial charge in [-0.3, -0.25) is 4.90 Å². The van der Waals surface area contributed by atoms with Crippen LogP contribution >= 0.6 is 23.7 Å². The molecule has 2 aromatic rings. The van der Waals surface area contributed by atoms with Gasteiger partial charge < -0.3 is 5.32 Å². The molecule has 2 heterocycles. The molecule has 1 atom stereocenters. The maximum absolute atomic E-state index is 4.77. The smallest absolute Gasteiger partial charge is 0.123 e. The second kappa shape index (κ2) is 7.18. The number of hydrogen-bond acceptors (Lipinski definition) is 4. The summed E-state index contributed by atoms with van der Waals surface area (Å²) in [5.74, 6) is 0. The minimum absolute atomic E-state index is 0. The molecule has 3 nitrogen and oxygen atoms in total. The minimum Gasteiger partial charge on any atom is -0.314 e. The van der Waals surface area contributed by atoms with E-state index in [4.69, 9.17) is 4.98 Å². The molecule has 1 fully saturated rings. The van der Waals surface area contributed by atoms with Gasteiger partial charge in [-0.15, -0.1) is 23.7 Å². The lowest BCUT2D eigenvalue weighted by molar-refractivity contribution is 0.164. The third-order valence-corrected chi connectivity index (χ3v) is 4.52. The minimum atomic E-state index is 0. The molecule has 3 rings (SSSR count). The second-order valence-electron chi connectivity index (χ2n) is 5.03. The van der Waals surface area contributed by atoms with Crippen LogP contribution in [-0.2, 0) is 6.54 Å². The van der Waals surface area contributed by atoms with Crippen molar-refractivity contribution >= 4 is 23.7 Å². The number of halogens is 1. The fourth-order valence-corrected chi connectivity index (χ4v) is 3.24. The standard InChI is InChI=1S/C15H19N3S.ClH/c1-12-9-16-7-8-18(12)10-14-11-19-15(17-14)13-5-3-2-4-6-13;/h2-6,11-12,16H,7-10H2,1H3;1H/t12-;/m0./s1. The van der Waals surface area contributed by atoms with E-state index in [9.17, 15) is 0 Å². The van der Waals surface area contributed by atoms with Gasteiger partial charge in [-0.2, -0.15) is 0 Å². The summed E-state index contributed by atoms with van der Waals surface area (Å²) >= 11 is 1.74. The van der Waals surface area contributed by atoms with Gasteiger partial charge in [0, 0.05) is 43.2 Å². The Morgan fingerprint density at radius 1 is 1.35 bits per heavy atom. The van der Waals surface area contributed by atoms with Crippen molar-refractivity contribution in [3.05, 3.63) is 41.4 Å². The fraction of sp³-hybridized carbons (Fsp3) is 0.400. The lowest BCUT2D eigenvalue weighted by atomic mass is 10.2. The molecule has 1 aromatic heterocycles. The van der Waals surface area contributed by atoms with Crippen LogP contribution in [-0.4, -0.2) is 35.6 Å². The molecule has 0 unspecified atom stereocenters. The summed E-state index contributed by atoms with van der Waals surface area (Å²) in [4.78, 5) is 7.27. The van der Waals surface area contributed by atoms with Crippen LogP contribution < -0.4 is 5.32 Å². The van der Waals surface area contributed by atoms with Crippen molar-refractivity contribution in [2.75, 3.05) is 19.6 Å². The molecule has 108 valence electrons. The van der Waals surface area contributed by atoms with Crippen LogP contribution in [0.25, 0.3) is 10.6 Å². The highest BCUT2D eigenvalue weighted by Gasteiger charge is 2.18. The molecule has 5 heteroatoms. The molecule has 1 N–H and O–H groups in total. The van der Waals surface area contributed by atoms with Crippen LogP contribution in [0.15, 0.2) is 35.7 Å². The molecule has 0 bridgehead atoms. The molecule has 0 saturated carbocycles. The van der Waals surface area contributed by atoms with Crippen LogP contribution in [0.2, 0.25) is 0 Å². The maximum atomic E-state index is 4.77. The monoisotopic (exact) mass is 309 g/mol. The van der Waals surface area contributed by atoms with Gasteiger partial charge in [0.2, 0.25) is 0 Å². The fourth-order valence-electron chi connectivity index (χ4n) is 2.42. The third-order valence-electron chi connectivity index (χ3n) is 3.58. The zero-order valence-corrected chi connectivity index (χ0v) is 13.2. The van der Waals surface area contributed by atoms with Crippen molar-refractivity contribution in [1.82, 2.24) is 15.2 Å². The predicted octanol–water partition coefficient (Wildman–Crippen LogP) is 3.03. The van der Waals surface area contributed by atoms with E-state index in [-0.39, 0.29) is 12.4 Å². The van der Waals surface area contributed by atoms with E-state index in [0.717, 1.165) is 31.2 Å². The van der Waals surface area contributed by atoms with E-state index >= 15 is 0 Å². The Hall–Kier alpha value is -0.940. The van der Waals surface area contributed by atoms with Crippen molar-refractivity contribution in [2.45, 2.75) is 19.5 Å². The van der Waals surface area contributed by atoms with E-state index in [0.29, 0.717) is 6.04 Å². The van der Waals surface area contributed by atoms with Crippen LogP contribution in [0.3, 0.4) is 0 Å². The molecule has 0 spiro atoms. The van der Waals surface area contributed by atoms with Crippen LogP contribution in [0, 0.1) is 0 Å². The zero-order valence-electron chi connectivity index (χ0n) is 11.6. The van der Waals surface area contributed by atoms with Gasteiger partial charge in [-0.1, -0.05) is 30.3 Å². The van der Waals surface area contributed by atoms with Gasteiger partial charge in [0.05, 0.1) is 5.69 Å². The summed E-state index contributed by atoms with van der Waals surface area (Å²) in [5.41, 5.74) is 2.41. The molecule has 1 saturated heterocycles. The summed E-state index contributed by atoms with van der Waals surface area (Å²) in [7, 11) is 0. The summed E-state index contributed by atoms with van der Waals surface area (Å²) in [6.45, 7) is 6.51. The normalized spacial score (nSPS) is 19.6. The Bertz CT molecular complexity index is 529. The van der Waals surface area contributed by atoms with Gasteiger partial charge in [-0.05, 0) is 6.92 Å². The summed E-state index contributed by atoms with van der Waals surface area (Å²) in [6.07, 6.45) is 0. The number of rotatable bonds is 3. The largest absolute Gasteiger partial charge is 0.314 e. The molecule has 0 radical (unpaired) electrons. The quantitative estimate of drug-likeness (QED) is 0.944. The van der Waals surface area contributed by atoms with Crippen molar-refractivity contribution in [2.24, 2.45) is 0 Å². The average Bonchev–Trinajstić information content (AvgIpc) is 2.91. The summed E-state index contributed by atoms with van der Waals surface area (Å²) in [6, 6.07) is 11.0. The number of nitrogens with one attached hydrogen (secondary N) is 1. The first-order valence-electron chi connectivity index (χ1n) is 6.77. The maximum Gasteiger partial charge on any atom is 0.123 e. The molecular formula is C15H20ClN3S. The van der Waals surface area contributed by atoms with E-state index in [2.05, 4.69) is 46.8 Å². The lowest BCUT2D eigenvalue weighted by Gasteiger charge is -2.33. The Kier molecular flexibility index (Phi) is 5.54. The van der Waals surface area contributed by atoms with E-state index in [1.807, 2.05) is 6.07 Å². The highest BCUT2D eigenvalue weighted by molar-refractivity contribution is 7.13. The van der Waals surface area contributed by atoms with Crippen molar-refractivity contribution < 1.29 is 0 Å². The molecule has 1 aromatic carbocycles. The molecule has 1 aliphatic heterocycles. The van der Waals surface area contributed by atoms with E-state index in [1.54, 1.807) is 11.3 Å². The highest BCUT2D eigenvalue weighted by Crippen LogP contribution is 2.24. The molecule has 1 aliphatic rings. The van der Waals surface area contributed by atoms with E-state index in [1.165, 1.54) is 11.3 Å². The van der Waals surface area contributed by atoms with Crippen molar-refractivity contribution in [1.29, 1.82) is 0 Å². The number of aromatic nitrogens is 1. The van der Waals surface area contributed by atoms with Crippen LogP contribution in [0.5, 0.6) is 0 Å². The molecule has 0 aliphatic carbocycles. The topological polar surface area (TPSA) is 28.2 Å². The second-order valence-corrected chi connectivity index (χ2v) is 5.89. The molecule has 0 amide bonds. The van der Waals surface area contributed by atoms with E-state index < -0.39 is 0 Å². The predicted molar refractivity (Wildman–Crippen MR) is 87.5 cm³/mol. The van der Waals surface area contributed by atoms with Gasteiger partial charge in [0.1, 0.15) is 5.01 Å². The van der Waals surface area contributed by atoms with Gasteiger partial charge in [0.25, 0.3) is 0 Å². The Morgan fingerprint density at radius 2 is 2.15 bits per heavy atom. The lowest BCUT2D eigenvalue weighted by Crippen LogP contribution is -2.49. The summed E-state index contributed by atoms with van der Waals surface area (Å²) < 4.78 is 0. The Labute approximate surface area is 130 Å². The summed E-state index contributed by atoms with van der Waals surface area (Å²) in [5, 5.41) is 6.74. The van der Waals surface area contributed by atoms with Crippen molar-refractivity contribution in [3.63, 3.8) is 0 Å². The number of benzene rings is 1. The number of piperazine rings is 1.